The number of carbonyl (C=O) groups is 1. The molecule has 3 aliphatic rings. The van der Waals surface area contributed by atoms with Gasteiger partial charge in [-0.05, 0) is 55.0 Å². The monoisotopic (exact) mass is 460 g/mol. The Morgan fingerprint density at radius 1 is 1.15 bits per heavy atom. The number of hydrogen-bond donors (Lipinski definition) is 4. The first-order valence-electron chi connectivity index (χ1n) is 11.2. The second-order valence-electron chi connectivity index (χ2n) is 8.56. The maximum Gasteiger partial charge on any atom is 0.225 e. The number of nitrogens with one attached hydrogen (secondary N) is 3. The van der Waals surface area contributed by atoms with Gasteiger partial charge in [0.25, 0.3) is 0 Å². The lowest BCUT2D eigenvalue weighted by Gasteiger charge is -2.19. The van der Waals surface area contributed by atoms with Crippen molar-refractivity contribution in [1.82, 2.24) is 10.3 Å². The van der Waals surface area contributed by atoms with Crippen LogP contribution in [0.15, 0.2) is 54.7 Å². The molecule has 1 fully saturated rings. The van der Waals surface area contributed by atoms with E-state index < -0.39 is 6.35 Å². The van der Waals surface area contributed by atoms with Crippen LogP contribution in [0.25, 0.3) is 0 Å². The molecule has 9 heteroatoms. The first-order valence-corrected chi connectivity index (χ1v) is 11.2. The number of aromatic nitrogens is 1. The van der Waals surface area contributed by atoms with Crippen molar-refractivity contribution in [2.24, 2.45) is 0 Å². The van der Waals surface area contributed by atoms with Gasteiger partial charge < -0.3 is 30.0 Å². The number of ether oxygens (including phenoxy) is 3. The van der Waals surface area contributed by atoms with E-state index in [-0.39, 0.29) is 24.0 Å². The molecule has 174 valence electrons. The van der Waals surface area contributed by atoms with Crippen molar-refractivity contribution in [2.75, 3.05) is 17.7 Å². The molecule has 0 bridgehead atoms. The summed E-state index contributed by atoms with van der Waals surface area (Å²) in [5, 5.41) is 19.5. The number of hydrogen-bond acceptors (Lipinski definition) is 8. The smallest absolute Gasteiger partial charge is 0.225 e. The number of aliphatic hydroxyl groups is 1. The number of fused-ring (bicyclic) bond motifs is 4. The topological polar surface area (TPSA) is 114 Å². The Bertz CT molecular complexity index is 1250. The highest BCUT2D eigenvalue weighted by molar-refractivity contribution is 5.93. The average Bonchev–Trinajstić information content (AvgIpc) is 3.35. The van der Waals surface area contributed by atoms with Crippen LogP contribution in [0.3, 0.4) is 0 Å². The molecule has 9 nitrogen and oxygen atoms in total. The minimum Gasteiger partial charge on any atom is -0.497 e. The standard InChI is InChI=1S/C25H24N4O5/c1-32-14-4-2-13(3-5-14)27-25(31)29-22-21-17-12-15(6-8-18(17)34-23(21)22)33-19-10-11-26-24-16(19)7-9-20(30)28-24/h2-6,8,10-12,21-23,25,27,29,31H,7,9H2,1H3,(H,26,28,30)/t21-,22-,23-,25?/m0/s1. The molecule has 0 spiro atoms. The first kappa shape index (κ1) is 20.8. The molecule has 2 aliphatic heterocycles. The highest BCUT2D eigenvalue weighted by Crippen LogP contribution is 2.54. The summed E-state index contributed by atoms with van der Waals surface area (Å²) in [4.78, 5) is 15.9. The Balaban J connectivity index is 1.13. The van der Waals surface area contributed by atoms with Crippen LogP contribution in [0, 0.1) is 0 Å². The third-order valence-electron chi connectivity index (χ3n) is 6.40. The lowest BCUT2D eigenvalue weighted by Crippen LogP contribution is -2.39. The van der Waals surface area contributed by atoms with Crippen molar-refractivity contribution in [1.29, 1.82) is 0 Å². The maximum atomic E-state index is 11.7. The molecular weight excluding hydrogens is 436 g/mol. The Morgan fingerprint density at radius 2 is 1.97 bits per heavy atom. The maximum absolute atomic E-state index is 11.7. The highest BCUT2D eigenvalue weighted by atomic mass is 16.5. The number of amides is 1. The Morgan fingerprint density at radius 3 is 2.79 bits per heavy atom. The van der Waals surface area contributed by atoms with Crippen molar-refractivity contribution in [3.05, 3.63) is 65.9 Å². The predicted molar refractivity (Wildman–Crippen MR) is 124 cm³/mol. The molecule has 1 aliphatic carbocycles. The third-order valence-corrected chi connectivity index (χ3v) is 6.40. The number of benzene rings is 2. The second-order valence-corrected chi connectivity index (χ2v) is 8.56. The molecular formula is C25H24N4O5. The van der Waals surface area contributed by atoms with Gasteiger partial charge in [-0.3, -0.25) is 10.1 Å². The van der Waals surface area contributed by atoms with Crippen LogP contribution < -0.4 is 30.2 Å². The van der Waals surface area contributed by atoms with Crippen LogP contribution >= 0.6 is 0 Å². The summed E-state index contributed by atoms with van der Waals surface area (Å²) in [6.45, 7) is 0. The van der Waals surface area contributed by atoms with Gasteiger partial charge in [0, 0.05) is 35.3 Å². The lowest BCUT2D eigenvalue weighted by atomic mass is 10.1. The Hall–Kier alpha value is -3.82. The van der Waals surface area contributed by atoms with Crippen LogP contribution in [0.4, 0.5) is 11.5 Å². The first-order chi connectivity index (χ1) is 16.6. The van der Waals surface area contributed by atoms with Gasteiger partial charge in [0.05, 0.1) is 13.2 Å². The van der Waals surface area contributed by atoms with E-state index in [0.29, 0.717) is 30.2 Å². The van der Waals surface area contributed by atoms with Gasteiger partial charge in [-0.25, -0.2) is 4.98 Å². The molecule has 2 aromatic carbocycles. The molecule has 1 saturated carbocycles. The minimum atomic E-state index is -0.922. The van der Waals surface area contributed by atoms with Crippen molar-refractivity contribution in [3.63, 3.8) is 0 Å². The van der Waals surface area contributed by atoms with Gasteiger partial charge in [-0.2, -0.15) is 0 Å². The van der Waals surface area contributed by atoms with E-state index in [4.69, 9.17) is 14.2 Å². The summed E-state index contributed by atoms with van der Waals surface area (Å²) >= 11 is 0. The third kappa shape index (κ3) is 3.78. The van der Waals surface area contributed by atoms with Crippen LogP contribution in [0.5, 0.6) is 23.0 Å². The number of nitrogens with zero attached hydrogens (tertiary/aromatic N) is 1. The molecule has 0 saturated heterocycles. The molecule has 6 rings (SSSR count). The fourth-order valence-corrected chi connectivity index (χ4v) is 4.65. The predicted octanol–water partition coefficient (Wildman–Crippen LogP) is 2.97. The van der Waals surface area contributed by atoms with Gasteiger partial charge in [-0.15, -0.1) is 0 Å². The van der Waals surface area contributed by atoms with Crippen molar-refractivity contribution in [2.45, 2.75) is 37.3 Å². The van der Waals surface area contributed by atoms with Gasteiger partial charge in [0.15, 0.2) is 6.35 Å². The van der Waals surface area contributed by atoms with Crippen LogP contribution in [0.2, 0.25) is 0 Å². The zero-order valence-corrected chi connectivity index (χ0v) is 18.4. The molecule has 4 N–H and O–H groups in total. The van der Waals surface area contributed by atoms with E-state index in [1.54, 1.807) is 13.3 Å². The Kier molecular flexibility index (Phi) is 5.00. The van der Waals surface area contributed by atoms with Crippen molar-refractivity contribution >= 4 is 17.4 Å². The van der Waals surface area contributed by atoms with Crippen molar-refractivity contribution < 1.29 is 24.1 Å². The van der Waals surface area contributed by atoms with E-state index in [0.717, 1.165) is 28.3 Å². The summed E-state index contributed by atoms with van der Waals surface area (Å²) in [6.07, 6.45) is 1.69. The van der Waals surface area contributed by atoms with E-state index in [1.807, 2.05) is 48.5 Å². The number of methoxy groups -OCH3 is 1. The molecule has 0 radical (unpaired) electrons. The molecule has 4 atom stereocenters. The highest BCUT2D eigenvalue weighted by Gasteiger charge is 2.59. The Labute approximate surface area is 196 Å². The molecule has 1 amide bonds. The van der Waals surface area contributed by atoms with Crippen molar-refractivity contribution in [3.8, 4) is 23.0 Å². The zero-order chi connectivity index (χ0) is 23.2. The number of rotatable bonds is 7. The summed E-state index contributed by atoms with van der Waals surface area (Å²) in [7, 11) is 1.61. The molecule has 3 heterocycles. The second kappa shape index (κ2) is 8.19. The number of aliphatic hydroxyl groups excluding tert-OH is 1. The zero-order valence-electron chi connectivity index (χ0n) is 18.4. The summed E-state index contributed by atoms with van der Waals surface area (Å²) in [6, 6.07) is 14.9. The lowest BCUT2D eigenvalue weighted by molar-refractivity contribution is -0.116. The summed E-state index contributed by atoms with van der Waals surface area (Å²) < 4.78 is 17.4. The average molecular weight is 460 g/mol. The van der Waals surface area contributed by atoms with Gasteiger partial charge in [0.1, 0.15) is 34.9 Å². The van der Waals surface area contributed by atoms with Gasteiger partial charge >= 0.3 is 0 Å². The van der Waals surface area contributed by atoms with Crippen LogP contribution in [0.1, 0.15) is 23.5 Å². The SMILES string of the molecule is COc1ccc(NC(O)N[C@@H]2[C@H]3Oc4ccc(Oc5ccnc6c5CCC(=O)N6)cc4[C@@H]23)cc1. The normalized spacial score (nSPS) is 22.4. The fourth-order valence-electron chi connectivity index (χ4n) is 4.65. The molecule has 3 aromatic rings. The van der Waals surface area contributed by atoms with E-state index in [9.17, 15) is 9.90 Å². The van der Waals surface area contributed by atoms with E-state index in [2.05, 4.69) is 20.9 Å². The summed E-state index contributed by atoms with van der Waals surface area (Å²) in [5.74, 6) is 3.63. The fraction of sp³-hybridized carbons (Fsp3) is 0.280. The number of anilines is 2. The van der Waals surface area contributed by atoms with E-state index in [1.165, 1.54) is 0 Å². The minimum absolute atomic E-state index is 0.00704. The largest absolute Gasteiger partial charge is 0.497 e. The van der Waals surface area contributed by atoms with Crippen LogP contribution in [-0.4, -0.2) is 41.6 Å². The molecule has 1 aromatic heterocycles. The molecule has 1 unspecified atom stereocenters. The molecule has 34 heavy (non-hydrogen) atoms. The quantitative estimate of drug-likeness (QED) is 0.398. The van der Waals surface area contributed by atoms with E-state index >= 15 is 0 Å². The van der Waals surface area contributed by atoms with Gasteiger partial charge in [0.2, 0.25) is 5.91 Å². The van der Waals surface area contributed by atoms with Crippen LogP contribution in [-0.2, 0) is 11.2 Å². The summed E-state index contributed by atoms with van der Waals surface area (Å²) in [5.41, 5.74) is 2.73. The number of pyridine rings is 1. The van der Waals surface area contributed by atoms with Gasteiger partial charge in [-0.1, -0.05) is 0 Å². The number of carbonyl (C=O) groups excluding carboxylic acids is 1.